The quantitative estimate of drug-likeness (QED) is 0.585. The van der Waals surface area contributed by atoms with Crippen LogP contribution in [-0.2, 0) is 0 Å². The number of hydrogen-bond acceptors (Lipinski definition) is 5. The molecule has 3 aromatic rings. The number of nitrogens with zero attached hydrogens (tertiary/aromatic N) is 4. The number of methoxy groups -OCH3 is 1. The smallest absolute Gasteiger partial charge is 0.314 e. The summed E-state index contributed by atoms with van der Waals surface area (Å²) in [4.78, 5) is 10.4. The Morgan fingerprint density at radius 1 is 1.29 bits per heavy atom. The minimum absolute atomic E-state index is 0.0794. The summed E-state index contributed by atoms with van der Waals surface area (Å²) >= 11 is 0. The molecule has 0 aliphatic heterocycles. The Bertz CT molecular complexity index is 775. The molecule has 0 aliphatic rings. The summed E-state index contributed by atoms with van der Waals surface area (Å²) in [5.74, 6) is 0.746. The first-order valence-corrected chi connectivity index (χ1v) is 6.06. The van der Waals surface area contributed by atoms with Gasteiger partial charge in [0.2, 0.25) is 0 Å². The number of aromatic amines is 1. The zero-order valence-electron chi connectivity index (χ0n) is 11.1. The highest BCUT2D eigenvalue weighted by Crippen LogP contribution is 2.27. The van der Waals surface area contributed by atoms with Crippen LogP contribution in [0, 0.1) is 10.1 Å². The number of nitro groups is 1. The van der Waals surface area contributed by atoms with Crippen LogP contribution in [0.15, 0.2) is 42.9 Å². The van der Waals surface area contributed by atoms with Crippen LogP contribution < -0.4 is 4.74 Å². The van der Waals surface area contributed by atoms with Crippen LogP contribution >= 0.6 is 0 Å². The number of H-pyrrole nitrogens is 1. The molecule has 0 fully saturated rings. The van der Waals surface area contributed by atoms with Gasteiger partial charge in [-0.2, -0.15) is 10.2 Å². The number of rotatable bonds is 4. The molecule has 2 aromatic heterocycles. The summed E-state index contributed by atoms with van der Waals surface area (Å²) in [6.07, 6.45) is 4.42. The van der Waals surface area contributed by atoms with E-state index in [1.165, 1.54) is 6.20 Å². The molecule has 0 spiro atoms. The molecule has 0 saturated heterocycles. The largest absolute Gasteiger partial charge is 0.497 e. The van der Waals surface area contributed by atoms with E-state index in [1.807, 2.05) is 24.3 Å². The second kappa shape index (κ2) is 5.08. The lowest BCUT2D eigenvalue weighted by molar-refractivity contribution is -0.384. The van der Waals surface area contributed by atoms with Crippen LogP contribution in [0.3, 0.4) is 0 Å². The fourth-order valence-corrected chi connectivity index (χ4v) is 1.96. The summed E-state index contributed by atoms with van der Waals surface area (Å²) in [5, 5.41) is 21.4. The minimum atomic E-state index is -0.483. The fourth-order valence-electron chi connectivity index (χ4n) is 1.96. The van der Waals surface area contributed by atoms with E-state index in [0.717, 1.165) is 11.4 Å². The van der Waals surface area contributed by atoms with Crippen molar-refractivity contribution >= 4 is 5.69 Å². The summed E-state index contributed by atoms with van der Waals surface area (Å²) < 4.78 is 6.72. The standard InChI is InChI=1S/C13H11N5O3/c1-21-11-4-2-10(3-5-11)17-8-9(6-15-17)13-12(18(19)20)7-14-16-13/h2-8H,1H3,(H,14,16). The number of hydrogen-bond donors (Lipinski definition) is 1. The molecule has 8 heteroatoms. The second-order valence-electron chi connectivity index (χ2n) is 4.26. The van der Waals surface area contributed by atoms with Gasteiger partial charge in [0, 0.05) is 11.8 Å². The Morgan fingerprint density at radius 2 is 2.05 bits per heavy atom. The van der Waals surface area contributed by atoms with Crippen LogP contribution in [0.4, 0.5) is 5.69 Å². The van der Waals surface area contributed by atoms with Gasteiger partial charge in [0.05, 0.1) is 23.9 Å². The van der Waals surface area contributed by atoms with E-state index in [-0.39, 0.29) is 5.69 Å². The van der Waals surface area contributed by atoms with Crippen LogP contribution in [0.25, 0.3) is 16.9 Å². The molecule has 106 valence electrons. The van der Waals surface area contributed by atoms with Crippen molar-refractivity contribution in [3.8, 4) is 22.7 Å². The molecular weight excluding hydrogens is 274 g/mol. The maximum Gasteiger partial charge on any atom is 0.314 e. The van der Waals surface area contributed by atoms with Crippen LogP contribution in [0.2, 0.25) is 0 Å². The number of ether oxygens (including phenoxy) is 1. The van der Waals surface area contributed by atoms with Gasteiger partial charge in [-0.3, -0.25) is 15.2 Å². The Hall–Kier alpha value is -3.16. The van der Waals surface area contributed by atoms with Crippen molar-refractivity contribution in [2.45, 2.75) is 0 Å². The monoisotopic (exact) mass is 285 g/mol. The van der Waals surface area contributed by atoms with Gasteiger partial charge in [-0.1, -0.05) is 0 Å². The molecule has 1 aromatic carbocycles. The van der Waals surface area contributed by atoms with Gasteiger partial charge in [0.15, 0.2) is 0 Å². The van der Waals surface area contributed by atoms with Crippen molar-refractivity contribution in [2.75, 3.05) is 7.11 Å². The van der Waals surface area contributed by atoms with Gasteiger partial charge in [-0.15, -0.1) is 0 Å². The molecule has 8 nitrogen and oxygen atoms in total. The van der Waals surface area contributed by atoms with E-state index in [4.69, 9.17) is 4.74 Å². The van der Waals surface area contributed by atoms with Gasteiger partial charge in [0.1, 0.15) is 17.6 Å². The lowest BCUT2D eigenvalue weighted by atomic mass is 10.2. The number of benzene rings is 1. The molecule has 21 heavy (non-hydrogen) atoms. The normalized spacial score (nSPS) is 10.5. The van der Waals surface area contributed by atoms with Crippen molar-refractivity contribution in [1.29, 1.82) is 0 Å². The molecule has 0 amide bonds. The predicted octanol–water partition coefficient (Wildman–Crippen LogP) is 2.18. The van der Waals surface area contributed by atoms with Crippen molar-refractivity contribution in [2.24, 2.45) is 0 Å². The van der Waals surface area contributed by atoms with Gasteiger partial charge in [-0.05, 0) is 24.3 Å². The zero-order valence-corrected chi connectivity index (χ0v) is 11.1. The Labute approximate surface area is 119 Å². The summed E-state index contributed by atoms with van der Waals surface area (Å²) in [5.41, 5.74) is 1.67. The second-order valence-corrected chi connectivity index (χ2v) is 4.26. The number of aromatic nitrogens is 4. The summed E-state index contributed by atoms with van der Waals surface area (Å²) in [6.45, 7) is 0. The van der Waals surface area contributed by atoms with Gasteiger partial charge < -0.3 is 4.74 Å². The van der Waals surface area contributed by atoms with E-state index < -0.39 is 4.92 Å². The molecular formula is C13H11N5O3. The molecule has 0 unspecified atom stereocenters. The highest BCUT2D eigenvalue weighted by molar-refractivity contribution is 5.67. The molecule has 0 aliphatic carbocycles. The summed E-state index contributed by atoms with van der Waals surface area (Å²) in [7, 11) is 1.60. The highest BCUT2D eigenvalue weighted by Gasteiger charge is 2.19. The van der Waals surface area contributed by atoms with Crippen LogP contribution in [0.5, 0.6) is 5.75 Å². The van der Waals surface area contributed by atoms with Gasteiger partial charge >= 0.3 is 5.69 Å². The molecule has 1 N–H and O–H groups in total. The molecule has 3 rings (SSSR count). The lowest BCUT2D eigenvalue weighted by Gasteiger charge is -2.02. The number of nitrogens with one attached hydrogen (secondary N) is 1. The average Bonchev–Trinajstić information content (AvgIpc) is 3.16. The lowest BCUT2D eigenvalue weighted by Crippen LogP contribution is -1.94. The van der Waals surface area contributed by atoms with Crippen molar-refractivity contribution in [1.82, 2.24) is 20.0 Å². The maximum atomic E-state index is 10.9. The van der Waals surface area contributed by atoms with Gasteiger partial charge in [0.25, 0.3) is 0 Å². The predicted molar refractivity (Wildman–Crippen MR) is 74.4 cm³/mol. The third-order valence-electron chi connectivity index (χ3n) is 3.02. The fraction of sp³-hybridized carbons (Fsp3) is 0.0769. The molecule has 0 radical (unpaired) electrons. The zero-order chi connectivity index (χ0) is 14.8. The SMILES string of the molecule is COc1ccc(-n2cc(-c3[nH]ncc3[N+](=O)[O-])cn2)cc1. The Morgan fingerprint density at radius 3 is 2.71 bits per heavy atom. The maximum absolute atomic E-state index is 10.9. The van der Waals surface area contributed by atoms with E-state index in [1.54, 1.807) is 24.2 Å². The molecule has 0 saturated carbocycles. The third kappa shape index (κ3) is 2.34. The van der Waals surface area contributed by atoms with E-state index >= 15 is 0 Å². The first kappa shape index (κ1) is 12.9. The first-order valence-electron chi connectivity index (χ1n) is 6.06. The van der Waals surface area contributed by atoms with Crippen LogP contribution in [0.1, 0.15) is 0 Å². The topological polar surface area (TPSA) is 98.9 Å². The van der Waals surface area contributed by atoms with Crippen molar-refractivity contribution in [3.63, 3.8) is 0 Å². The minimum Gasteiger partial charge on any atom is -0.497 e. The molecule has 2 heterocycles. The van der Waals surface area contributed by atoms with E-state index in [0.29, 0.717) is 11.3 Å². The average molecular weight is 285 g/mol. The molecule has 0 bridgehead atoms. The van der Waals surface area contributed by atoms with Crippen molar-refractivity contribution < 1.29 is 9.66 Å². The van der Waals surface area contributed by atoms with Crippen LogP contribution in [-0.4, -0.2) is 32.0 Å². The van der Waals surface area contributed by atoms with E-state index in [2.05, 4.69) is 15.3 Å². The van der Waals surface area contributed by atoms with Gasteiger partial charge in [-0.25, -0.2) is 4.68 Å². The van der Waals surface area contributed by atoms with E-state index in [9.17, 15) is 10.1 Å². The molecule has 0 atom stereocenters. The Kier molecular flexibility index (Phi) is 3.11. The van der Waals surface area contributed by atoms with Crippen molar-refractivity contribution in [3.05, 3.63) is 53.0 Å². The Balaban J connectivity index is 1.95. The third-order valence-corrected chi connectivity index (χ3v) is 3.02. The summed E-state index contributed by atoms with van der Waals surface area (Å²) in [6, 6.07) is 7.32. The highest BCUT2D eigenvalue weighted by atomic mass is 16.6. The first-order chi connectivity index (χ1) is 10.2.